The Kier molecular flexibility index (Phi) is 4.72. The first-order valence-electron chi connectivity index (χ1n) is 6.21. The van der Waals surface area contributed by atoms with E-state index in [0.29, 0.717) is 17.7 Å². The molecule has 20 heavy (non-hydrogen) atoms. The lowest BCUT2D eigenvalue weighted by molar-refractivity contribution is -0.385. The van der Waals surface area contributed by atoms with Crippen LogP contribution < -0.4 is 0 Å². The zero-order valence-corrected chi connectivity index (χ0v) is 12.5. The Balaban J connectivity index is 2.14. The first-order valence-corrected chi connectivity index (χ1v) is 7.01. The van der Waals surface area contributed by atoms with E-state index in [9.17, 15) is 14.9 Å². The average Bonchev–Trinajstić information content (AvgIpc) is 2.92. The van der Waals surface area contributed by atoms with Crippen molar-refractivity contribution >= 4 is 27.6 Å². The summed E-state index contributed by atoms with van der Waals surface area (Å²) in [5.41, 5.74) is -0.303. The zero-order chi connectivity index (χ0) is 14.7. The van der Waals surface area contributed by atoms with Gasteiger partial charge in [-0.05, 0) is 25.5 Å². The fourth-order valence-corrected chi connectivity index (χ4v) is 2.43. The molecule has 1 aliphatic rings. The first kappa shape index (κ1) is 14.9. The molecular weight excluding hydrogens is 330 g/mol. The Bertz CT molecular complexity index is 527. The molecule has 2 rings (SSSR count). The van der Waals surface area contributed by atoms with Gasteiger partial charge in [0.1, 0.15) is 11.7 Å². The molecular formula is C13H14BrNO5. The van der Waals surface area contributed by atoms with E-state index < -0.39 is 10.9 Å². The minimum absolute atomic E-state index is 0.0380. The Morgan fingerprint density at radius 3 is 2.95 bits per heavy atom. The van der Waals surface area contributed by atoms with Crippen molar-refractivity contribution in [2.75, 3.05) is 13.2 Å². The topological polar surface area (TPSA) is 78.7 Å². The molecule has 0 aliphatic carbocycles. The number of ether oxygens (including phenoxy) is 2. The summed E-state index contributed by atoms with van der Waals surface area (Å²) in [5, 5.41) is 11.0. The Labute approximate surface area is 124 Å². The van der Waals surface area contributed by atoms with Crippen molar-refractivity contribution in [3.8, 4) is 0 Å². The van der Waals surface area contributed by atoms with Gasteiger partial charge in [0.15, 0.2) is 0 Å². The maximum Gasteiger partial charge on any atom is 0.345 e. The van der Waals surface area contributed by atoms with E-state index >= 15 is 0 Å². The first-order chi connectivity index (χ1) is 9.49. The molecule has 2 atom stereocenters. The maximum atomic E-state index is 12.1. The van der Waals surface area contributed by atoms with Crippen molar-refractivity contribution < 1.29 is 19.2 Å². The van der Waals surface area contributed by atoms with Gasteiger partial charge in [-0.3, -0.25) is 10.1 Å². The number of nitro groups is 1. The van der Waals surface area contributed by atoms with Crippen LogP contribution in [0.3, 0.4) is 0 Å². The summed E-state index contributed by atoms with van der Waals surface area (Å²) in [6.45, 7) is 2.99. The van der Waals surface area contributed by atoms with E-state index in [-0.39, 0.29) is 23.3 Å². The highest BCUT2D eigenvalue weighted by molar-refractivity contribution is 9.10. The zero-order valence-electron chi connectivity index (χ0n) is 10.9. The number of halogens is 1. The van der Waals surface area contributed by atoms with Crippen LogP contribution in [0.5, 0.6) is 0 Å². The van der Waals surface area contributed by atoms with E-state index in [4.69, 9.17) is 9.47 Å². The van der Waals surface area contributed by atoms with Crippen LogP contribution in [-0.2, 0) is 9.47 Å². The number of benzene rings is 1. The van der Waals surface area contributed by atoms with Crippen LogP contribution in [-0.4, -0.2) is 30.2 Å². The Morgan fingerprint density at radius 2 is 2.35 bits per heavy atom. The van der Waals surface area contributed by atoms with Crippen LogP contribution >= 0.6 is 15.9 Å². The van der Waals surface area contributed by atoms with Crippen LogP contribution in [0, 0.1) is 16.0 Å². The molecule has 1 heterocycles. The predicted octanol–water partition coefficient (Wildman–Crippen LogP) is 2.94. The van der Waals surface area contributed by atoms with E-state index in [1.165, 1.54) is 12.1 Å². The molecule has 108 valence electrons. The van der Waals surface area contributed by atoms with Crippen molar-refractivity contribution in [2.24, 2.45) is 5.92 Å². The second kappa shape index (κ2) is 6.32. The number of rotatable bonds is 4. The van der Waals surface area contributed by atoms with Gasteiger partial charge >= 0.3 is 5.97 Å². The van der Waals surface area contributed by atoms with E-state index in [0.717, 1.165) is 6.42 Å². The van der Waals surface area contributed by atoms with E-state index in [2.05, 4.69) is 15.9 Å². The van der Waals surface area contributed by atoms with E-state index in [1.54, 1.807) is 13.0 Å². The van der Waals surface area contributed by atoms with E-state index in [1.807, 2.05) is 0 Å². The summed E-state index contributed by atoms with van der Waals surface area (Å²) in [6, 6.07) is 4.26. The molecule has 0 bridgehead atoms. The van der Waals surface area contributed by atoms with Gasteiger partial charge in [0, 0.05) is 23.1 Å². The standard InChI is InChI=1S/C13H14BrNO5/c1-8(9-4-5-19-7-9)20-13(16)11-3-2-10(14)6-12(11)15(17)18/h2-3,6,8-9H,4-5,7H2,1H3/t8-,9-/m1/s1. The smallest absolute Gasteiger partial charge is 0.345 e. The molecule has 1 aromatic rings. The molecule has 0 spiro atoms. The summed E-state index contributed by atoms with van der Waals surface area (Å²) in [7, 11) is 0. The normalized spacial score (nSPS) is 19.6. The number of carbonyl (C=O) groups is 1. The van der Waals surface area contributed by atoms with Crippen molar-refractivity contribution in [1.29, 1.82) is 0 Å². The lowest BCUT2D eigenvalue weighted by Gasteiger charge is -2.18. The molecule has 0 saturated carbocycles. The molecule has 0 unspecified atom stereocenters. The van der Waals surface area contributed by atoms with Gasteiger partial charge in [0.2, 0.25) is 0 Å². The number of carbonyl (C=O) groups excluding carboxylic acids is 1. The lowest BCUT2D eigenvalue weighted by Crippen LogP contribution is -2.24. The number of hydrogen-bond donors (Lipinski definition) is 0. The molecule has 1 saturated heterocycles. The number of hydrogen-bond acceptors (Lipinski definition) is 5. The van der Waals surface area contributed by atoms with Crippen LogP contribution in [0.1, 0.15) is 23.7 Å². The van der Waals surface area contributed by atoms with Crippen molar-refractivity contribution in [3.05, 3.63) is 38.3 Å². The fourth-order valence-electron chi connectivity index (χ4n) is 2.08. The maximum absolute atomic E-state index is 12.1. The molecule has 1 aliphatic heterocycles. The molecule has 7 heteroatoms. The highest BCUT2D eigenvalue weighted by atomic mass is 79.9. The predicted molar refractivity (Wildman–Crippen MR) is 74.6 cm³/mol. The lowest BCUT2D eigenvalue weighted by atomic mass is 10.0. The summed E-state index contributed by atoms with van der Waals surface area (Å²) in [5.74, 6) is -0.531. The van der Waals surface area contributed by atoms with Crippen LogP contribution in [0.4, 0.5) is 5.69 Å². The van der Waals surface area contributed by atoms with Gasteiger partial charge in [-0.2, -0.15) is 0 Å². The molecule has 6 nitrogen and oxygen atoms in total. The largest absolute Gasteiger partial charge is 0.459 e. The highest BCUT2D eigenvalue weighted by Gasteiger charge is 2.28. The second-order valence-electron chi connectivity index (χ2n) is 4.65. The van der Waals surface area contributed by atoms with Crippen LogP contribution in [0.15, 0.2) is 22.7 Å². The van der Waals surface area contributed by atoms with Gasteiger partial charge in [-0.1, -0.05) is 15.9 Å². The Hall–Kier alpha value is -1.47. The average molecular weight is 344 g/mol. The third-order valence-electron chi connectivity index (χ3n) is 3.30. The number of esters is 1. The summed E-state index contributed by atoms with van der Waals surface area (Å²) in [6.07, 6.45) is 0.505. The van der Waals surface area contributed by atoms with Gasteiger partial charge in [0.05, 0.1) is 11.5 Å². The number of nitro benzene ring substituents is 1. The van der Waals surface area contributed by atoms with Crippen molar-refractivity contribution in [1.82, 2.24) is 0 Å². The van der Waals surface area contributed by atoms with Crippen molar-refractivity contribution in [2.45, 2.75) is 19.4 Å². The molecule has 1 aromatic carbocycles. The van der Waals surface area contributed by atoms with Gasteiger partial charge < -0.3 is 9.47 Å². The third-order valence-corrected chi connectivity index (χ3v) is 3.79. The summed E-state index contributed by atoms with van der Waals surface area (Å²) in [4.78, 5) is 22.5. The Morgan fingerprint density at radius 1 is 1.60 bits per heavy atom. The molecule has 0 radical (unpaired) electrons. The molecule has 0 N–H and O–H groups in total. The van der Waals surface area contributed by atoms with Crippen LogP contribution in [0.2, 0.25) is 0 Å². The summed E-state index contributed by atoms with van der Waals surface area (Å²) < 4.78 is 11.1. The summed E-state index contributed by atoms with van der Waals surface area (Å²) >= 11 is 3.15. The minimum Gasteiger partial charge on any atom is -0.459 e. The second-order valence-corrected chi connectivity index (χ2v) is 5.57. The number of nitrogens with zero attached hydrogens (tertiary/aromatic N) is 1. The minimum atomic E-state index is -0.677. The molecule has 0 aromatic heterocycles. The van der Waals surface area contributed by atoms with Gasteiger partial charge in [-0.25, -0.2) is 4.79 Å². The molecule has 0 amide bonds. The highest BCUT2D eigenvalue weighted by Crippen LogP contribution is 2.26. The molecule has 1 fully saturated rings. The van der Waals surface area contributed by atoms with Crippen molar-refractivity contribution in [3.63, 3.8) is 0 Å². The van der Waals surface area contributed by atoms with Gasteiger partial charge in [-0.15, -0.1) is 0 Å². The third kappa shape index (κ3) is 3.34. The van der Waals surface area contributed by atoms with Crippen LogP contribution in [0.25, 0.3) is 0 Å². The van der Waals surface area contributed by atoms with Gasteiger partial charge in [0.25, 0.3) is 5.69 Å². The monoisotopic (exact) mass is 343 g/mol. The SMILES string of the molecule is C[C@@H](OC(=O)c1ccc(Br)cc1[N+](=O)[O-])[C@@H]1CCOC1. The quantitative estimate of drug-likeness (QED) is 0.477. The fraction of sp³-hybridized carbons (Fsp3) is 0.462.